The predicted molar refractivity (Wildman–Crippen MR) is 90.6 cm³/mol. The van der Waals surface area contributed by atoms with Gasteiger partial charge in [-0.3, -0.25) is 19.6 Å². The number of nitrogens with one attached hydrogen (secondary N) is 1. The van der Waals surface area contributed by atoms with Crippen LogP contribution in [-0.2, 0) is 11.3 Å². The van der Waals surface area contributed by atoms with Crippen molar-refractivity contribution < 1.29 is 9.72 Å². The Kier molecular flexibility index (Phi) is 5.53. The molecule has 0 spiro atoms. The molecule has 1 aromatic carbocycles. The van der Waals surface area contributed by atoms with Crippen LogP contribution in [0.25, 0.3) is 0 Å². The Morgan fingerprint density at radius 2 is 2.04 bits per heavy atom. The summed E-state index contributed by atoms with van der Waals surface area (Å²) in [6.45, 7) is 2.84. The molecule has 1 amide bonds. The van der Waals surface area contributed by atoms with E-state index >= 15 is 0 Å². The third-order valence-corrected chi connectivity index (χ3v) is 3.86. The van der Waals surface area contributed by atoms with E-state index in [-0.39, 0.29) is 17.9 Å². The summed E-state index contributed by atoms with van der Waals surface area (Å²) >= 11 is 12.0. The van der Waals surface area contributed by atoms with Gasteiger partial charge < -0.3 is 0 Å². The van der Waals surface area contributed by atoms with Crippen LogP contribution in [0.5, 0.6) is 0 Å². The van der Waals surface area contributed by atoms with E-state index in [4.69, 9.17) is 23.2 Å². The number of nitro groups is 1. The Morgan fingerprint density at radius 3 is 2.58 bits per heavy atom. The van der Waals surface area contributed by atoms with Crippen LogP contribution < -0.4 is 5.43 Å². The lowest BCUT2D eigenvalue weighted by atomic mass is 10.2. The number of hydrogen-bond donors (Lipinski definition) is 1. The maximum absolute atomic E-state index is 11.9. The number of carbonyl (C=O) groups is 1. The van der Waals surface area contributed by atoms with E-state index in [9.17, 15) is 14.9 Å². The third-order valence-electron chi connectivity index (χ3n) is 3.20. The first-order chi connectivity index (χ1) is 11.3. The van der Waals surface area contributed by atoms with Crippen LogP contribution in [0.1, 0.15) is 17.0 Å². The maximum atomic E-state index is 11.9. The molecule has 1 N–H and O–H groups in total. The highest BCUT2D eigenvalue weighted by Crippen LogP contribution is 2.22. The first-order valence-corrected chi connectivity index (χ1v) is 7.51. The number of carbonyl (C=O) groups excluding carboxylic acids is 1. The number of hydrazone groups is 1. The molecule has 0 atom stereocenters. The number of nitrogens with zero attached hydrogens (tertiary/aromatic N) is 4. The Balaban J connectivity index is 2.06. The fraction of sp³-hybridized carbons (Fsp3) is 0.214. The van der Waals surface area contributed by atoms with Crippen LogP contribution in [0.3, 0.4) is 0 Å². The molecular weight excluding hydrogens is 357 g/mol. The molecule has 0 aliphatic heterocycles. The minimum atomic E-state index is -0.524. The number of hydrogen-bond acceptors (Lipinski definition) is 5. The molecule has 10 heteroatoms. The highest BCUT2D eigenvalue weighted by molar-refractivity contribution is 6.38. The quantitative estimate of drug-likeness (QED) is 0.497. The van der Waals surface area contributed by atoms with E-state index in [1.807, 2.05) is 0 Å². The van der Waals surface area contributed by atoms with Gasteiger partial charge in [-0.15, -0.1) is 0 Å². The molecule has 0 saturated heterocycles. The van der Waals surface area contributed by atoms with Crippen molar-refractivity contribution in [2.45, 2.75) is 20.4 Å². The Bertz CT molecular complexity index is 812. The summed E-state index contributed by atoms with van der Waals surface area (Å²) < 4.78 is 1.25. The zero-order chi connectivity index (χ0) is 17.9. The summed E-state index contributed by atoms with van der Waals surface area (Å²) in [6, 6.07) is 4.98. The van der Waals surface area contributed by atoms with Gasteiger partial charge >= 0.3 is 5.69 Å². The lowest BCUT2D eigenvalue weighted by Crippen LogP contribution is -2.24. The van der Waals surface area contributed by atoms with Crippen LogP contribution in [0.2, 0.25) is 10.0 Å². The fourth-order valence-corrected chi connectivity index (χ4v) is 2.57. The van der Waals surface area contributed by atoms with Gasteiger partial charge in [-0.2, -0.15) is 10.2 Å². The molecule has 0 aliphatic rings. The second kappa shape index (κ2) is 7.41. The molecule has 1 heterocycles. The van der Waals surface area contributed by atoms with Crippen LogP contribution in [0, 0.1) is 24.0 Å². The molecule has 1 aromatic heterocycles. The Hall–Kier alpha value is -2.45. The minimum absolute atomic E-state index is 0.103. The molecule has 2 rings (SSSR count). The molecule has 2 aromatic rings. The Labute approximate surface area is 147 Å². The van der Waals surface area contributed by atoms with Crippen LogP contribution in [0.15, 0.2) is 23.3 Å². The minimum Gasteiger partial charge on any atom is -0.271 e. The van der Waals surface area contributed by atoms with E-state index in [1.165, 1.54) is 24.7 Å². The Morgan fingerprint density at radius 1 is 1.42 bits per heavy atom. The van der Waals surface area contributed by atoms with Crippen LogP contribution in [0.4, 0.5) is 5.69 Å². The zero-order valence-electron chi connectivity index (χ0n) is 12.8. The van der Waals surface area contributed by atoms with E-state index < -0.39 is 10.8 Å². The summed E-state index contributed by atoms with van der Waals surface area (Å²) in [6.07, 6.45) is 1.33. The molecule has 8 nitrogen and oxygen atoms in total. The molecular formula is C14H13Cl2N5O3. The summed E-state index contributed by atoms with van der Waals surface area (Å²) in [5, 5.41) is 19.5. The van der Waals surface area contributed by atoms with Crippen molar-refractivity contribution in [3.05, 3.63) is 55.3 Å². The smallest absolute Gasteiger partial charge is 0.271 e. The number of halogens is 2. The average Bonchev–Trinajstić information content (AvgIpc) is 2.76. The van der Waals surface area contributed by atoms with Crippen LogP contribution >= 0.6 is 23.2 Å². The maximum Gasteiger partial charge on any atom is 0.312 e. The summed E-state index contributed by atoms with van der Waals surface area (Å²) in [5.41, 5.74) is 3.22. The highest BCUT2D eigenvalue weighted by atomic mass is 35.5. The van der Waals surface area contributed by atoms with Crippen molar-refractivity contribution in [2.24, 2.45) is 5.10 Å². The standard InChI is InChI=1S/C14H13Cl2N5O3/c1-8-14(21(23)24)9(2)20(19-8)7-13(22)18-17-6-10-11(15)4-3-5-12(10)16/h3-6H,7H2,1-2H3,(H,18,22). The number of aryl methyl sites for hydroxylation is 1. The number of aromatic nitrogens is 2. The van der Waals surface area contributed by atoms with Gasteiger partial charge in [0.25, 0.3) is 5.91 Å². The van der Waals surface area contributed by atoms with E-state index in [0.29, 0.717) is 21.3 Å². The molecule has 126 valence electrons. The first kappa shape index (κ1) is 17.9. The summed E-state index contributed by atoms with van der Waals surface area (Å²) in [7, 11) is 0. The highest BCUT2D eigenvalue weighted by Gasteiger charge is 2.22. The second-order valence-electron chi connectivity index (χ2n) is 4.86. The van der Waals surface area contributed by atoms with Crippen molar-refractivity contribution in [3.8, 4) is 0 Å². The van der Waals surface area contributed by atoms with Gasteiger partial charge in [0.2, 0.25) is 0 Å². The molecule has 0 saturated carbocycles. The molecule has 0 aliphatic carbocycles. The topological polar surface area (TPSA) is 102 Å². The molecule has 24 heavy (non-hydrogen) atoms. The lowest BCUT2D eigenvalue weighted by Gasteiger charge is -2.03. The van der Waals surface area contributed by atoms with Gasteiger partial charge in [-0.1, -0.05) is 29.3 Å². The molecule has 0 fully saturated rings. The van der Waals surface area contributed by atoms with Crippen molar-refractivity contribution >= 4 is 41.0 Å². The predicted octanol–water partition coefficient (Wildman–Crippen LogP) is 2.87. The number of benzene rings is 1. The lowest BCUT2D eigenvalue weighted by molar-refractivity contribution is -0.386. The first-order valence-electron chi connectivity index (χ1n) is 6.75. The van der Waals surface area contributed by atoms with Gasteiger partial charge in [0.15, 0.2) is 0 Å². The van der Waals surface area contributed by atoms with E-state index in [2.05, 4.69) is 15.6 Å². The molecule has 0 bridgehead atoms. The SMILES string of the molecule is Cc1nn(CC(=O)NN=Cc2c(Cl)cccc2Cl)c(C)c1[N+](=O)[O-]. The van der Waals surface area contributed by atoms with Crippen molar-refractivity contribution in [1.82, 2.24) is 15.2 Å². The van der Waals surface area contributed by atoms with E-state index in [0.717, 1.165) is 0 Å². The van der Waals surface area contributed by atoms with Gasteiger partial charge in [0.1, 0.15) is 17.9 Å². The monoisotopic (exact) mass is 369 g/mol. The second-order valence-corrected chi connectivity index (χ2v) is 5.68. The number of rotatable bonds is 5. The van der Waals surface area contributed by atoms with Crippen molar-refractivity contribution in [3.63, 3.8) is 0 Å². The van der Waals surface area contributed by atoms with Crippen molar-refractivity contribution in [2.75, 3.05) is 0 Å². The normalized spacial score (nSPS) is 11.0. The van der Waals surface area contributed by atoms with Gasteiger partial charge in [0, 0.05) is 5.56 Å². The molecule has 0 unspecified atom stereocenters. The molecule has 0 radical (unpaired) electrons. The van der Waals surface area contributed by atoms with E-state index in [1.54, 1.807) is 18.2 Å². The van der Waals surface area contributed by atoms with Gasteiger partial charge in [-0.25, -0.2) is 5.43 Å². The zero-order valence-corrected chi connectivity index (χ0v) is 14.3. The third kappa shape index (κ3) is 3.90. The van der Waals surface area contributed by atoms with Crippen molar-refractivity contribution in [1.29, 1.82) is 0 Å². The largest absolute Gasteiger partial charge is 0.312 e. The van der Waals surface area contributed by atoms with Gasteiger partial charge in [-0.05, 0) is 26.0 Å². The summed E-state index contributed by atoms with van der Waals surface area (Å²) in [5.74, 6) is -0.491. The van der Waals surface area contributed by atoms with Crippen LogP contribution in [-0.4, -0.2) is 26.8 Å². The summed E-state index contributed by atoms with van der Waals surface area (Å²) in [4.78, 5) is 22.3. The fourth-order valence-electron chi connectivity index (χ4n) is 2.08. The number of amides is 1. The van der Waals surface area contributed by atoms with Gasteiger partial charge in [0.05, 0.1) is 21.2 Å². The average molecular weight is 370 g/mol.